The van der Waals surface area contributed by atoms with Gasteiger partial charge in [0, 0.05) is 0 Å². The summed E-state index contributed by atoms with van der Waals surface area (Å²) in [6.45, 7) is 2.25. The predicted octanol–water partition coefficient (Wildman–Crippen LogP) is 3.43. The normalized spacial score (nSPS) is 13.1. The second kappa shape index (κ2) is 8.77. The third-order valence-electron chi connectivity index (χ3n) is 4.91. The molecule has 146 valence electrons. The number of benzene rings is 2. The van der Waals surface area contributed by atoms with Crippen molar-refractivity contribution in [2.24, 2.45) is 0 Å². The van der Waals surface area contributed by atoms with Gasteiger partial charge in [-0.2, -0.15) is 0 Å². The van der Waals surface area contributed by atoms with Gasteiger partial charge >= 0.3 is 5.97 Å². The van der Waals surface area contributed by atoms with Crippen molar-refractivity contribution in [2.45, 2.75) is 18.9 Å². The van der Waals surface area contributed by atoms with Crippen molar-refractivity contribution in [1.82, 2.24) is 4.90 Å². The number of phenolic OH excluding ortho intramolecular Hbond substituents is 1. The zero-order valence-corrected chi connectivity index (χ0v) is 16.5. The second-order valence-corrected chi connectivity index (χ2v) is 6.45. The van der Waals surface area contributed by atoms with Crippen molar-refractivity contribution < 1.29 is 24.1 Å². The van der Waals surface area contributed by atoms with Crippen LogP contribution in [0.2, 0.25) is 0 Å². The van der Waals surface area contributed by atoms with Crippen molar-refractivity contribution in [3.05, 3.63) is 53.6 Å². The van der Waals surface area contributed by atoms with E-state index in [-0.39, 0.29) is 29.4 Å². The van der Waals surface area contributed by atoms with Crippen LogP contribution in [-0.4, -0.2) is 50.9 Å². The van der Waals surface area contributed by atoms with Gasteiger partial charge in [0.25, 0.3) is 0 Å². The third kappa shape index (κ3) is 4.17. The molecule has 1 atom stereocenters. The highest BCUT2D eigenvalue weighted by atomic mass is 16.5. The summed E-state index contributed by atoms with van der Waals surface area (Å²) in [5.74, 6) is -0.364. The summed E-state index contributed by atoms with van der Waals surface area (Å²) in [5.41, 5.74) is 0.881. The van der Waals surface area contributed by atoms with E-state index in [0.717, 1.165) is 12.0 Å². The largest absolute Gasteiger partial charge is 0.502 e. The molecule has 0 bridgehead atoms. The molecule has 0 aliphatic heterocycles. The predicted molar refractivity (Wildman–Crippen MR) is 104 cm³/mol. The fraction of sp³-hybridized carbons (Fsp3) is 0.381. The van der Waals surface area contributed by atoms with Crippen LogP contribution in [0.3, 0.4) is 0 Å². The van der Waals surface area contributed by atoms with Crippen LogP contribution in [0.25, 0.3) is 0 Å². The van der Waals surface area contributed by atoms with E-state index in [1.165, 1.54) is 26.4 Å². The van der Waals surface area contributed by atoms with Gasteiger partial charge in [0.05, 0.1) is 25.3 Å². The minimum atomic E-state index is -0.512. The quantitative estimate of drug-likeness (QED) is 0.715. The molecule has 0 aliphatic rings. The summed E-state index contributed by atoms with van der Waals surface area (Å²) in [4.78, 5) is 14.7. The van der Waals surface area contributed by atoms with E-state index in [1.807, 2.05) is 44.4 Å². The number of ether oxygens (including phenoxy) is 3. The summed E-state index contributed by atoms with van der Waals surface area (Å²) in [6, 6.07) is 12.8. The standard InChI is InChI=1S/C21H27NO5/c1-6-21(22(2)3,16-10-8-7-9-11-16)14-27-20(24)15-12-17(25-4)19(23)18(13-15)26-5/h7-13,23H,6,14H2,1-5H3. The van der Waals surface area contributed by atoms with Crippen LogP contribution in [0.5, 0.6) is 17.2 Å². The van der Waals surface area contributed by atoms with Crippen molar-refractivity contribution in [3.8, 4) is 17.2 Å². The average molecular weight is 373 g/mol. The van der Waals surface area contributed by atoms with Gasteiger partial charge in [-0.15, -0.1) is 0 Å². The van der Waals surface area contributed by atoms with E-state index in [4.69, 9.17) is 14.2 Å². The molecule has 2 aromatic rings. The SMILES string of the molecule is CCC(COC(=O)c1cc(OC)c(O)c(OC)c1)(c1ccccc1)N(C)C. The Labute approximate surface area is 160 Å². The molecule has 0 radical (unpaired) electrons. The van der Waals surface area contributed by atoms with E-state index >= 15 is 0 Å². The molecule has 0 saturated carbocycles. The highest BCUT2D eigenvalue weighted by Gasteiger charge is 2.34. The third-order valence-corrected chi connectivity index (χ3v) is 4.91. The van der Waals surface area contributed by atoms with Crippen LogP contribution in [-0.2, 0) is 10.3 Å². The van der Waals surface area contributed by atoms with Gasteiger partial charge in [0.15, 0.2) is 11.5 Å². The van der Waals surface area contributed by atoms with E-state index < -0.39 is 11.5 Å². The van der Waals surface area contributed by atoms with Gasteiger partial charge in [-0.05, 0) is 38.2 Å². The first-order valence-electron chi connectivity index (χ1n) is 8.74. The molecule has 1 N–H and O–H groups in total. The number of likely N-dealkylation sites (N-methyl/N-ethyl adjacent to an activating group) is 1. The molecule has 0 heterocycles. The molecule has 6 heteroatoms. The Bertz CT molecular complexity index is 750. The Balaban J connectivity index is 2.29. The zero-order chi connectivity index (χ0) is 20.0. The van der Waals surface area contributed by atoms with Crippen LogP contribution < -0.4 is 9.47 Å². The van der Waals surface area contributed by atoms with Gasteiger partial charge in [-0.1, -0.05) is 37.3 Å². The molecule has 6 nitrogen and oxygen atoms in total. The molecule has 2 rings (SSSR count). The molecular weight excluding hydrogens is 346 g/mol. The Kier molecular flexibility index (Phi) is 6.69. The van der Waals surface area contributed by atoms with Crippen molar-refractivity contribution in [3.63, 3.8) is 0 Å². The van der Waals surface area contributed by atoms with Crippen LogP contribution >= 0.6 is 0 Å². The number of carbonyl (C=O) groups excluding carboxylic acids is 1. The molecule has 0 spiro atoms. The number of carbonyl (C=O) groups is 1. The van der Waals surface area contributed by atoms with Gasteiger partial charge < -0.3 is 19.3 Å². The molecule has 27 heavy (non-hydrogen) atoms. The molecule has 0 saturated heterocycles. The Morgan fingerprint density at radius 1 is 1.07 bits per heavy atom. The number of hydrogen-bond donors (Lipinski definition) is 1. The van der Waals surface area contributed by atoms with Crippen LogP contribution in [0, 0.1) is 0 Å². The number of methoxy groups -OCH3 is 2. The lowest BCUT2D eigenvalue weighted by Crippen LogP contribution is -2.45. The Morgan fingerprint density at radius 2 is 1.63 bits per heavy atom. The first kappa shape index (κ1) is 20.6. The summed E-state index contributed by atoms with van der Waals surface area (Å²) in [6.07, 6.45) is 0.763. The van der Waals surface area contributed by atoms with E-state index in [0.29, 0.717) is 0 Å². The highest BCUT2D eigenvalue weighted by Crippen LogP contribution is 2.37. The molecule has 1 unspecified atom stereocenters. The number of hydrogen-bond acceptors (Lipinski definition) is 6. The maximum Gasteiger partial charge on any atom is 0.338 e. The first-order valence-corrected chi connectivity index (χ1v) is 8.74. The number of esters is 1. The van der Waals surface area contributed by atoms with Crippen molar-refractivity contribution in [2.75, 3.05) is 34.9 Å². The van der Waals surface area contributed by atoms with Crippen molar-refractivity contribution in [1.29, 1.82) is 0 Å². The topological polar surface area (TPSA) is 68.2 Å². The lowest BCUT2D eigenvalue weighted by molar-refractivity contribution is 0.0119. The number of rotatable bonds is 8. The lowest BCUT2D eigenvalue weighted by atomic mass is 9.87. The molecule has 0 aliphatic carbocycles. The maximum atomic E-state index is 12.7. The van der Waals surface area contributed by atoms with Gasteiger partial charge in [-0.3, -0.25) is 4.90 Å². The van der Waals surface area contributed by atoms with Gasteiger partial charge in [0.2, 0.25) is 5.75 Å². The lowest BCUT2D eigenvalue weighted by Gasteiger charge is -2.39. The maximum absolute atomic E-state index is 12.7. The van der Waals surface area contributed by atoms with E-state index in [1.54, 1.807) is 0 Å². The fourth-order valence-corrected chi connectivity index (χ4v) is 3.12. The van der Waals surface area contributed by atoms with Gasteiger partial charge in [-0.25, -0.2) is 4.79 Å². The number of nitrogens with zero attached hydrogens (tertiary/aromatic N) is 1. The van der Waals surface area contributed by atoms with Crippen LogP contribution in [0.15, 0.2) is 42.5 Å². The smallest absolute Gasteiger partial charge is 0.338 e. The molecular formula is C21H27NO5. The second-order valence-electron chi connectivity index (χ2n) is 6.45. The van der Waals surface area contributed by atoms with E-state index in [9.17, 15) is 9.90 Å². The monoisotopic (exact) mass is 373 g/mol. The molecule has 0 amide bonds. The number of aromatic hydroxyl groups is 1. The van der Waals surface area contributed by atoms with Crippen LogP contribution in [0.4, 0.5) is 0 Å². The highest BCUT2D eigenvalue weighted by molar-refractivity contribution is 5.91. The van der Waals surface area contributed by atoms with Crippen LogP contribution in [0.1, 0.15) is 29.3 Å². The van der Waals surface area contributed by atoms with E-state index in [2.05, 4.69) is 11.8 Å². The minimum absolute atomic E-state index is 0.152. The van der Waals surface area contributed by atoms with Crippen molar-refractivity contribution >= 4 is 5.97 Å². The van der Waals surface area contributed by atoms with Gasteiger partial charge in [0.1, 0.15) is 6.61 Å². The summed E-state index contributed by atoms with van der Waals surface area (Å²) < 4.78 is 15.9. The Hall–Kier alpha value is -2.73. The summed E-state index contributed by atoms with van der Waals surface area (Å²) >= 11 is 0. The fourth-order valence-electron chi connectivity index (χ4n) is 3.12. The summed E-state index contributed by atoms with van der Waals surface area (Å²) in [7, 11) is 6.76. The Morgan fingerprint density at radius 3 is 2.07 bits per heavy atom. The zero-order valence-electron chi connectivity index (χ0n) is 16.5. The minimum Gasteiger partial charge on any atom is -0.502 e. The molecule has 0 aromatic heterocycles. The average Bonchev–Trinajstić information content (AvgIpc) is 2.69. The molecule has 0 fully saturated rings. The first-order chi connectivity index (χ1) is 12.9. The number of phenols is 1. The summed E-state index contributed by atoms with van der Waals surface area (Å²) in [5, 5.41) is 10.0. The molecule has 2 aromatic carbocycles.